The molecule has 1 aliphatic rings. The van der Waals surface area contributed by atoms with Crippen LogP contribution in [-0.4, -0.2) is 64.4 Å². The lowest BCUT2D eigenvalue weighted by Crippen LogP contribution is -3.06. The third kappa shape index (κ3) is 4.46. The molecule has 1 fully saturated rings. The van der Waals surface area contributed by atoms with Crippen LogP contribution in [0.2, 0.25) is 0 Å². The standard InChI is InChI=1S/C9H20N2O3S/c1-11(2)5-3-4-10-8-6-15(13,14)7-9(8)12/h8-10,12H,3-7H2,1-2H3/p+2/t8-,9+/m1/s1. The van der Waals surface area contributed by atoms with Crippen molar-refractivity contribution in [2.24, 2.45) is 0 Å². The summed E-state index contributed by atoms with van der Waals surface area (Å²) in [7, 11) is 1.20. The Morgan fingerprint density at radius 2 is 2.07 bits per heavy atom. The summed E-state index contributed by atoms with van der Waals surface area (Å²) < 4.78 is 22.4. The molecule has 15 heavy (non-hydrogen) atoms. The van der Waals surface area contributed by atoms with E-state index in [-0.39, 0.29) is 17.5 Å². The lowest BCUT2D eigenvalue weighted by molar-refractivity contribution is -0.860. The molecule has 0 unspecified atom stereocenters. The van der Waals surface area contributed by atoms with Crippen molar-refractivity contribution in [1.29, 1.82) is 0 Å². The van der Waals surface area contributed by atoms with Crippen LogP contribution in [0.5, 0.6) is 0 Å². The van der Waals surface area contributed by atoms with Gasteiger partial charge in [-0.1, -0.05) is 0 Å². The van der Waals surface area contributed by atoms with E-state index in [1.165, 1.54) is 4.90 Å². The summed E-state index contributed by atoms with van der Waals surface area (Å²) in [6, 6.07) is -0.146. The van der Waals surface area contributed by atoms with Crippen LogP contribution in [0.15, 0.2) is 0 Å². The lowest BCUT2D eigenvalue weighted by Gasteiger charge is -2.12. The van der Waals surface area contributed by atoms with E-state index < -0.39 is 15.9 Å². The van der Waals surface area contributed by atoms with E-state index in [1.54, 1.807) is 0 Å². The van der Waals surface area contributed by atoms with Crippen molar-refractivity contribution in [1.82, 2.24) is 0 Å². The highest BCUT2D eigenvalue weighted by Crippen LogP contribution is 2.08. The maximum atomic E-state index is 11.2. The highest BCUT2D eigenvalue weighted by atomic mass is 32.2. The van der Waals surface area contributed by atoms with Crippen molar-refractivity contribution in [3.8, 4) is 0 Å². The zero-order valence-electron chi connectivity index (χ0n) is 9.44. The number of hydrogen-bond donors (Lipinski definition) is 3. The van der Waals surface area contributed by atoms with Gasteiger partial charge in [0, 0.05) is 6.42 Å². The molecular weight excluding hydrogens is 216 g/mol. The highest BCUT2D eigenvalue weighted by molar-refractivity contribution is 7.91. The van der Waals surface area contributed by atoms with E-state index in [2.05, 4.69) is 14.1 Å². The number of hydrogen-bond acceptors (Lipinski definition) is 3. The number of aliphatic hydroxyl groups excluding tert-OH is 1. The third-order valence-corrected chi connectivity index (χ3v) is 4.46. The molecule has 0 radical (unpaired) electrons. The first-order valence-corrected chi connectivity index (χ1v) is 7.24. The third-order valence-electron chi connectivity index (χ3n) is 2.72. The van der Waals surface area contributed by atoms with Gasteiger partial charge >= 0.3 is 0 Å². The summed E-state index contributed by atoms with van der Waals surface area (Å²) in [4.78, 5) is 1.39. The first-order chi connectivity index (χ1) is 6.91. The molecule has 0 aromatic carbocycles. The molecule has 0 aromatic heterocycles. The second-order valence-electron chi connectivity index (χ2n) is 4.64. The molecule has 0 aromatic rings. The molecule has 0 amide bonds. The maximum absolute atomic E-state index is 11.2. The van der Waals surface area contributed by atoms with E-state index in [0.717, 1.165) is 19.5 Å². The molecule has 6 heteroatoms. The number of rotatable bonds is 5. The number of nitrogens with one attached hydrogen (secondary N) is 1. The largest absolute Gasteiger partial charge is 0.386 e. The summed E-state index contributed by atoms with van der Waals surface area (Å²) in [6.45, 7) is 1.97. The molecule has 1 aliphatic heterocycles. The van der Waals surface area contributed by atoms with Crippen LogP contribution in [0.25, 0.3) is 0 Å². The van der Waals surface area contributed by atoms with Gasteiger partial charge in [-0.2, -0.15) is 0 Å². The number of nitrogens with two attached hydrogens (primary N) is 1. The quantitative estimate of drug-likeness (QED) is 0.431. The van der Waals surface area contributed by atoms with Crippen molar-refractivity contribution in [3.63, 3.8) is 0 Å². The Morgan fingerprint density at radius 1 is 1.40 bits per heavy atom. The van der Waals surface area contributed by atoms with Gasteiger partial charge < -0.3 is 15.3 Å². The predicted molar refractivity (Wildman–Crippen MR) is 57.5 cm³/mol. The minimum absolute atomic E-state index is 0.0624. The smallest absolute Gasteiger partial charge is 0.159 e. The monoisotopic (exact) mass is 238 g/mol. The second-order valence-corrected chi connectivity index (χ2v) is 6.80. The first-order valence-electron chi connectivity index (χ1n) is 5.41. The molecule has 1 rings (SSSR count). The molecule has 1 saturated heterocycles. The molecule has 0 aliphatic carbocycles. The molecule has 0 saturated carbocycles. The van der Waals surface area contributed by atoms with Crippen LogP contribution >= 0.6 is 0 Å². The van der Waals surface area contributed by atoms with Gasteiger partial charge in [-0.3, -0.25) is 0 Å². The summed E-state index contributed by atoms with van der Waals surface area (Å²) >= 11 is 0. The molecule has 4 N–H and O–H groups in total. The van der Waals surface area contributed by atoms with Gasteiger partial charge in [0.2, 0.25) is 0 Å². The SMILES string of the molecule is C[NH+](C)CCC[NH2+][C@@H]1CS(=O)(=O)C[C@@H]1O. The van der Waals surface area contributed by atoms with E-state index in [9.17, 15) is 13.5 Å². The molecule has 1 heterocycles. The summed E-state index contributed by atoms with van der Waals surface area (Å²) in [5.74, 6) is 0.0656. The zero-order valence-corrected chi connectivity index (χ0v) is 10.3. The van der Waals surface area contributed by atoms with Crippen LogP contribution < -0.4 is 10.2 Å². The lowest BCUT2D eigenvalue weighted by atomic mass is 10.2. The summed E-state index contributed by atoms with van der Waals surface area (Å²) in [6.07, 6.45) is 0.368. The Kier molecular flexibility index (Phi) is 4.51. The Bertz CT molecular complexity index is 290. The molecule has 0 spiro atoms. The van der Waals surface area contributed by atoms with Crippen LogP contribution in [0.4, 0.5) is 0 Å². The Hall–Kier alpha value is -0.170. The van der Waals surface area contributed by atoms with Crippen molar-refractivity contribution < 1.29 is 23.7 Å². The van der Waals surface area contributed by atoms with Crippen molar-refractivity contribution in [2.45, 2.75) is 18.6 Å². The van der Waals surface area contributed by atoms with E-state index >= 15 is 0 Å². The topological polar surface area (TPSA) is 75.4 Å². The molecular formula is C9H22N2O3S+2. The van der Waals surface area contributed by atoms with Gasteiger partial charge in [0.25, 0.3) is 0 Å². The van der Waals surface area contributed by atoms with Crippen molar-refractivity contribution in [3.05, 3.63) is 0 Å². The Morgan fingerprint density at radius 3 is 2.53 bits per heavy atom. The van der Waals surface area contributed by atoms with E-state index in [1.807, 2.05) is 5.32 Å². The minimum atomic E-state index is -2.98. The minimum Gasteiger partial charge on any atom is -0.386 e. The summed E-state index contributed by atoms with van der Waals surface area (Å²) in [5.41, 5.74) is 0. The summed E-state index contributed by atoms with van der Waals surface area (Å²) in [5, 5.41) is 11.5. The van der Waals surface area contributed by atoms with Crippen LogP contribution in [0.1, 0.15) is 6.42 Å². The number of sulfone groups is 1. The molecule has 90 valence electrons. The fourth-order valence-electron chi connectivity index (χ4n) is 1.87. The van der Waals surface area contributed by atoms with Crippen molar-refractivity contribution in [2.75, 3.05) is 38.7 Å². The van der Waals surface area contributed by atoms with Crippen LogP contribution in [0, 0.1) is 0 Å². The van der Waals surface area contributed by atoms with E-state index in [0.29, 0.717) is 0 Å². The fourth-order valence-corrected chi connectivity index (χ4v) is 3.72. The zero-order chi connectivity index (χ0) is 11.5. The molecule has 2 atom stereocenters. The fraction of sp³-hybridized carbons (Fsp3) is 1.00. The maximum Gasteiger partial charge on any atom is 0.159 e. The predicted octanol–water partition coefficient (Wildman–Crippen LogP) is -3.76. The van der Waals surface area contributed by atoms with Gasteiger partial charge in [0.1, 0.15) is 17.9 Å². The highest BCUT2D eigenvalue weighted by Gasteiger charge is 2.38. The number of quaternary nitrogens is 2. The molecule has 5 nitrogen and oxygen atoms in total. The van der Waals surface area contributed by atoms with Gasteiger partial charge in [-0.15, -0.1) is 0 Å². The van der Waals surface area contributed by atoms with Crippen LogP contribution in [0.3, 0.4) is 0 Å². The average Bonchev–Trinajstić information content (AvgIpc) is 2.33. The molecule has 0 bridgehead atoms. The average molecular weight is 238 g/mol. The van der Waals surface area contributed by atoms with Gasteiger partial charge in [-0.25, -0.2) is 8.42 Å². The Balaban J connectivity index is 2.23. The van der Waals surface area contributed by atoms with Crippen LogP contribution in [-0.2, 0) is 9.84 Å². The van der Waals surface area contributed by atoms with Gasteiger partial charge in [0.05, 0.1) is 32.9 Å². The Labute approximate surface area is 91.4 Å². The second kappa shape index (κ2) is 5.25. The normalized spacial score (nSPS) is 29.9. The van der Waals surface area contributed by atoms with E-state index in [4.69, 9.17) is 0 Å². The number of aliphatic hydroxyl groups is 1. The van der Waals surface area contributed by atoms with Gasteiger partial charge in [0.15, 0.2) is 9.84 Å². The van der Waals surface area contributed by atoms with Crippen molar-refractivity contribution >= 4 is 9.84 Å². The first kappa shape index (κ1) is 12.9. The van der Waals surface area contributed by atoms with Gasteiger partial charge in [-0.05, 0) is 0 Å².